The molecule has 0 aromatic carbocycles. The zero-order valence-corrected chi connectivity index (χ0v) is 14.1. The summed E-state index contributed by atoms with van der Waals surface area (Å²) >= 11 is 1.29. The van der Waals surface area contributed by atoms with E-state index in [1.807, 2.05) is 17.0 Å². The lowest BCUT2D eigenvalue weighted by Crippen LogP contribution is -2.48. The van der Waals surface area contributed by atoms with Crippen LogP contribution in [0.2, 0.25) is 0 Å². The molecule has 7 heteroatoms. The molecule has 1 amide bonds. The van der Waals surface area contributed by atoms with Crippen molar-refractivity contribution in [2.24, 2.45) is 0 Å². The Hall–Kier alpha value is -1.89. The Bertz CT molecular complexity index is 651. The van der Waals surface area contributed by atoms with Gasteiger partial charge in [-0.25, -0.2) is 0 Å². The monoisotopic (exact) mass is 332 g/mol. The minimum Gasteiger partial charge on any atom is -0.411 e. The third-order valence-corrected chi connectivity index (χ3v) is 4.92. The van der Waals surface area contributed by atoms with Crippen LogP contribution in [-0.4, -0.2) is 43.8 Å². The van der Waals surface area contributed by atoms with E-state index in [1.165, 1.54) is 18.2 Å². The SMILES string of the molecule is CC1CCCC(C)N1C(=O)CSc1nnc(-c2cccnc2)o1. The van der Waals surface area contributed by atoms with Crippen LogP contribution in [0.5, 0.6) is 0 Å². The van der Waals surface area contributed by atoms with Crippen molar-refractivity contribution in [3.8, 4) is 11.5 Å². The molecule has 1 aliphatic heterocycles. The first-order valence-electron chi connectivity index (χ1n) is 7.83. The van der Waals surface area contributed by atoms with Gasteiger partial charge in [-0.3, -0.25) is 9.78 Å². The summed E-state index contributed by atoms with van der Waals surface area (Å²) in [6, 6.07) is 4.28. The summed E-state index contributed by atoms with van der Waals surface area (Å²) in [6.45, 7) is 4.23. The van der Waals surface area contributed by atoms with Gasteiger partial charge < -0.3 is 9.32 Å². The number of amides is 1. The van der Waals surface area contributed by atoms with Crippen LogP contribution in [-0.2, 0) is 4.79 Å². The predicted molar refractivity (Wildman–Crippen MR) is 87.9 cm³/mol. The summed E-state index contributed by atoms with van der Waals surface area (Å²) in [5.41, 5.74) is 0.774. The minimum absolute atomic E-state index is 0.135. The van der Waals surface area contributed by atoms with E-state index in [1.54, 1.807) is 12.4 Å². The van der Waals surface area contributed by atoms with E-state index in [2.05, 4.69) is 29.0 Å². The van der Waals surface area contributed by atoms with Gasteiger partial charge in [0, 0.05) is 24.5 Å². The Morgan fingerprint density at radius 3 is 2.83 bits per heavy atom. The maximum Gasteiger partial charge on any atom is 0.277 e. The number of pyridine rings is 1. The van der Waals surface area contributed by atoms with Crippen LogP contribution in [0.15, 0.2) is 34.2 Å². The molecule has 0 radical (unpaired) electrons. The number of hydrogen-bond acceptors (Lipinski definition) is 6. The van der Waals surface area contributed by atoms with E-state index in [-0.39, 0.29) is 5.91 Å². The molecule has 3 rings (SSSR count). The topological polar surface area (TPSA) is 72.1 Å². The summed E-state index contributed by atoms with van der Waals surface area (Å²) in [4.78, 5) is 18.5. The molecule has 122 valence electrons. The van der Waals surface area contributed by atoms with Crippen LogP contribution in [0.3, 0.4) is 0 Å². The summed E-state index contributed by atoms with van der Waals surface area (Å²) in [6.07, 6.45) is 6.70. The minimum atomic E-state index is 0.135. The number of likely N-dealkylation sites (tertiary alicyclic amines) is 1. The van der Waals surface area contributed by atoms with Gasteiger partial charge in [0.2, 0.25) is 11.8 Å². The van der Waals surface area contributed by atoms with Crippen LogP contribution in [0.4, 0.5) is 0 Å². The molecule has 1 aliphatic rings. The predicted octanol–water partition coefficient (Wildman–Crippen LogP) is 3.01. The lowest BCUT2D eigenvalue weighted by atomic mass is 9.98. The Morgan fingerprint density at radius 2 is 2.13 bits per heavy atom. The lowest BCUT2D eigenvalue weighted by molar-refractivity contribution is -0.134. The lowest BCUT2D eigenvalue weighted by Gasteiger charge is -2.39. The van der Waals surface area contributed by atoms with Gasteiger partial charge >= 0.3 is 0 Å². The van der Waals surface area contributed by atoms with Gasteiger partial charge in [-0.15, -0.1) is 10.2 Å². The fourth-order valence-electron chi connectivity index (χ4n) is 2.98. The zero-order valence-electron chi connectivity index (χ0n) is 13.3. The van der Waals surface area contributed by atoms with Crippen molar-refractivity contribution in [3.63, 3.8) is 0 Å². The fraction of sp³-hybridized carbons (Fsp3) is 0.500. The van der Waals surface area contributed by atoms with E-state index in [0.717, 1.165) is 18.4 Å². The highest BCUT2D eigenvalue weighted by Gasteiger charge is 2.29. The molecule has 0 spiro atoms. The van der Waals surface area contributed by atoms with Gasteiger partial charge in [0.15, 0.2) is 0 Å². The number of nitrogens with zero attached hydrogens (tertiary/aromatic N) is 4. The van der Waals surface area contributed by atoms with Crippen molar-refractivity contribution in [3.05, 3.63) is 24.5 Å². The smallest absolute Gasteiger partial charge is 0.277 e. The van der Waals surface area contributed by atoms with E-state index in [4.69, 9.17) is 4.42 Å². The third-order valence-electron chi connectivity index (χ3n) is 4.12. The number of thioether (sulfide) groups is 1. The molecule has 1 fully saturated rings. The van der Waals surface area contributed by atoms with Crippen molar-refractivity contribution < 1.29 is 9.21 Å². The van der Waals surface area contributed by atoms with Gasteiger partial charge in [-0.2, -0.15) is 0 Å². The van der Waals surface area contributed by atoms with Gasteiger partial charge in [0.05, 0.1) is 11.3 Å². The Morgan fingerprint density at radius 1 is 1.35 bits per heavy atom. The summed E-state index contributed by atoms with van der Waals surface area (Å²) in [7, 11) is 0. The molecule has 0 N–H and O–H groups in total. The fourth-order valence-corrected chi connectivity index (χ4v) is 3.62. The second-order valence-electron chi connectivity index (χ2n) is 5.83. The standard InChI is InChI=1S/C16H20N4O2S/c1-11-5-3-6-12(2)20(11)14(21)10-23-16-19-18-15(22-16)13-7-4-8-17-9-13/h4,7-9,11-12H,3,5-6,10H2,1-2H3. The molecular formula is C16H20N4O2S. The van der Waals surface area contributed by atoms with Crippen LogP contribution in [0, 0.1) is 0 Å². The van der Waals surface area contributed by atoms with E-state index >= 15 is 0 Å². The van der Waals surface area contributed by atoms with Crippen LogP contribution < -0.4 is 0 Å². The number of rotatable bonds is 4. The highest BCUT2D eigenvalue weighted by molar-refractivity contribution is 7.99. The molecule has 23 heavy (non-hydrogen) atoms. The molecular weight excluding hydrogens is 312 g/mol. The van der Waals surface area contributed by atoms with Crippen LogP contribution in [0.25, 0.3) is 11.5 Å². The quantitative estimate of drug-likeness (QED) is 0.802. The normalized spacial score (nSPS) is 21.4. The summed E-state index contributed by atoms with van der Waals surface area (Å²) in [5.74, 6) is 0.882. The highest BCUT2D eigenvalue weighted by Crippen LogP contribution is 2.26. The number of carbonyl (C=O) groups excluding carboxylic acids is 1. The number of hydrogen-bond donors (Lipinski definition) is 0. The number of piperidine rings is 1. The van der Waals surface area contributed by atoms with Gasteiger partial charge in [-0.05, 0) is 45.2 Å². The van der Waals surface area contributed by atoms with Crippen molar-refractivity contribution >= 4 is 17.7 Å². The first-order chi connectivity index (χ1) is 11.1. The highest BCUT2D eigenvalue weighted by atomic mass is 32.2. The van der Waals surface area contributed by atoms with E-state index < -0.39 is 0 Å². The molecule has 0 bridgehead atoms. The van der Waals surface area contributed by atoms with Gasteiger partial charge in [-0.1, -0.05) is 11.8 Å². The summed E-state index contributed by atoms with van der Waals surface area (Å²) < 4.78 is 5.59. The Balaban J connectivity index is 1.60. The average Bonchev–Trinajstić information content (AvgIpc) is 3.02. The average molecular weight is 332 g/mol. The Labute approximate surface area is 139 Å². The molecule has 1 saturated heterocycles. The zero-order chi connectivity index (χ0) is 16.2. The van der Waals surface area contributed by atoms with E-state index in [0.29, 0.717) is 29.0 Å². The molecule has 3 heterocycles. The van der Waals surface area contributed by atoms with Crippen LogP contribution >= 0.6 is 11.8 Å². The van der Waals surface area contributed by atoms with Gasteiger partial charge in [0.25, 0.3) is 5.22 Å². The molecule has 0 aliphatic carbocycles. The van der Waals surface area contributed by atoms with E-state index in [9.17, 15) is 4.79 Å². The van der Waals surface area contributed by atoms with Crippen LogP contribution in [0.1, 0.15) is 33.1 Å². The van der Waals surface area contributed by atoms with Crippen molar-refractivity contribution in [2.45, 2.75) is 50.4 Å². The maximum atomic E-state index is 12.5. The first-order valence-corrected chi connectivity index (χ1v) is 8.81. The molecule has 2 atom stereocenters. The second-order valence-corrected chi connectivity index (χ2v) is 6.76. The molecule has 2 aromatic rings. The Kier molecular flexibility index (Phi) is 4.95. The van der Waals surface area contributed by atoms with Crippen molar-refractivity contribution in [1.82, 2.24) is 20.1 Å². The maximum absolute atomic E-state index is 12.5. The van der Waals surface area contributed by atoms with Crippen molar-refractivity contribution in [1.29, 1.82) is 0 Å². The van der Waals surface area contributed by atoms with Gasteiger partial charge in [0.1, 0.15) is 0 Å². The first kappa shape index (κ1) is 16.0. The molecule has 6 nitrogen and oxygen atoms in total. The van der Waals surface area contributed by atoms with Crippen molar-refractivity contribution in [2.75, 3.05) is 5.75 Å². The molecule has 2 aromatic heterocycles. The third kappa shape index (κ3) is 3.72. The second kappa shape index (κ2) is 7.12. The largest absolute Gasteiger partial charge is 0.411 e. The summed E-state index contributed by atoms with van der Waals surface area (Å²) in [5, 5.41) is 8.41. The number of aromatic nitrogens is 3. The number of carbonyl (C=O) groups is 1. The molecule has 2 unspecified atom stereocenters. The molecule has 0 saturated carbocycles.